The van der Waals surface area contributed by atoms with E-state index in [1.807, 2.05) is 0 Å². The third-order valence-corrected chi connectivity index (χ3v) is 5.41. The molecule has 33 heavy (non-hydrogen) atoms. The van der Waals surface area contributed by atoms with Crippen LogP contribution in [-0.2, 0) is 44.0 Å². The van der Waals surface area contributed by atoms with Crippen LogP contribution in [0, 0.1) is 0 Å². The summed E-state index contributed by atoms with van der Waals surface area (Å²) in [5, 5.41) is -10.6. The van der Waals surface area contributed by atoms with Crippen LogP contribution >= 0.6 is 0 Å². The molecule has 13 nitrogen and oxygen atoms in total. The van der Waals surface area contributed by atoms with Crippen molar-refractivity contribution in [3.05, 3.63) is 0 Å². The molecule has 194 valence electrons. The molecular formula is C14H21F4NO12S2. The summed E-state index contributed by atoms with van der Waals surface area (Å²) in [4.78, 5) is 35.1. The van der Waals surface area contributed by atoms with E-state index in [9.17, 15) is 48.8 Å². The molecule has 0 radical (unpaired) electrons. The minimum absolute atomic E-state index is 0.262. The molecule has 0 atom stereocenters. The molecule has 0 saturated heterocycles. The van der Waals surface area contributed by atoms with Crippen molar-refractivity contribution in [2.75, 3.05) is 26.3 Å². The summed E-state index contributed by atoms with van der Waals surface area (Å²) in [6, 6.07) is 0. The topological polar surface area (TPSA) is 191 Å². The fraction of sp³-hybridized carbons (Fsp3) is 0.786. The van der Waals surface area contributed by atoms with Crippen molar-refractivity contribution in [1.29, 1.82) is 0 Å². The van der Waals surface area contributed by atoms with Gasteiger partial charge in [0.15, 0.2) is 0 Å². The number of amides is 1. The molecular weight excluding hydrogens is 514 g/mol. The van der Waals surface area contributed by atoms with E-state index >= 15 is 0 Å². The van der Waals surface area contributed by atoms with E-state index < -0.39 is 80.7 Å². The average molecular weight is 535 g/mol. The number of esters is 2. The van der Waals surface area contributed by atoms with Crippen molar-refractivity contribution in [3.8, 4) is 0 Å². The average Bonchev–Trinajstić information content (AvgIpc) is 2.63. The molecule has 2 N–H and O–H groups in total. The van der Waals surface area contributed by atoms with Gasteiger partial charge in [-0.3, -0.25) is 9.11 Å². The van der Waals surface area contributed by atoms with Gasteiger partial charge < -0.3 is 19.1 Å². The maximum absolute atomic E-state index is 13.2. The highest BCUT2D eigenvalue weighted by atomic mass is 32.2. The Labute approximate surface area is 185 Å². The van der Waals surface area contributed by atoms with E-state index in [1.54, 1.807) is 6.92 Å². The second-order valence-corrected chi connectivity index (χ2v) is 9.65. The Kier molecular flexibility index (Phi) is 10.0. The maximum Gasteiger partial charge on any atom is 0.465 e. The van der Waals surface area contributed by atoms with Crippen LogP contribution in [-0.4, -0.2) is 91.3 Å². The predicted molar refractivity (Wildman–Crippen MR) is 97.3 cm³/mol. The molecule has 0 spiro atoms. The zero-order chi connectivity index (χ0) is 26.5. The number of hydrogen-bond acceptors (Lipinski definition) is 10. The largest absolute Gasteiger partial charge is 0.465 e. The number of nitrogens with zero attached hydrogens (tertiary/aromatic N) is 1. The standard InChI is InChI=1S/C14H21F4NO12S2/c1-4-12(2,3)31-11(22)19(5-7-29-9(20)13(15,16)32(23,24)25)6-8-30-10(21)14(17,18)33(26,27)28/h4-8H2,1-3H3,(H,23,24,25)(H,26,27,28). The zero-order valence-electron chi connectivity index (χ0n) is 17.3. The molecule has 0 unspecified atom stereocenters. The smallest absolute Gasteiger partial charge is 0.458 e. The summed E-state index contributed by atoms with van der Waals surface area (Å²) in [5.74, 6) is -5.38. The Morgan fingerprint density at radius 3 is 1.42 bits per heavy atom. The van der Waals surface area contributed by atoms with Gasteiger partial charge >= 0.3 is 48.8 Å². The van der Waals surface area contributed by atoms with E-state index in [1.165, 1.54) is 13.8 Å². The summed E-state index contributed by atoms with van der Waals surface area (Å²) in [7, 11) is -12.3. The third kappa shape index (κ3) is 8.55. The van der Waals surface area contributed by atoms with Gasteiger partial charge in [-0.05, 0) is 20.3 Å². The highest BCUT2D eigenvalue weighted by Gasteiger charge is 2.55. The quantitative estimate of drug-likeness (QED) is 0.154. The first-order valence-electron chi connectivity index (χ1n) is 8.62. The normalized spacial score (nSPS) is 13.2. The number of carbonyl (C=O) groups excluding carboxylic acids is 3. The summed E-state index contributed by atoms with van der Waals surface area (Å²) in [6.07, 6.45) is -0.977. The lowest BCUT2D eigenvalue weighted by Gasteiger charge is -2.29. The van der Waals surface area contributed by atoms with Gasteiger partial charge in [-0.25, -0.2) is 14.4 Å². The molecule has 0 rings (SSSR count). The minimum atomic E-state index is -6.16. The monoisotopic (exact) mass is 535 g/mol. The first kappa shape index (κ1) is 30.8. The van der Waals surface area contributed by atoms with Gasteiger partial charge in [-0.2, -0.15) is 34.4 Å². The van der Waals surface area contributed by atoms with E-state index in [-0.39, 0.29) is 6.42 Å². The van der Waals surface area contributed by atoms with Crippen molar-refractivity contribution in [1.82, 2.24) is 4.90 Å². The molecule has 0 saturated carbocycles. The fourth-order valence-corrected chi connectivity index (χ4v) is 2.08. The molecule has 0 bridgehead atoms. The van der Waals surface area contributed by atoms with Crippen LogP contribution in [0.4, 0.5) is 22.4 Å². The van der Waals surface area contributed by atoms with Gasteiger partial charge in [0.05, 0.1) is 13.1 Å². The van der Waals surface area contributed by atoms with Gasteiger partial charge in [-0.15, -0.1) is 0 Å². The number of ether oxygens (including phenoxy) is 3. The number of alkyl halides is 4. The molecule has 0 aromatic carbocycles. The Morgan fingerprint density at radius 1 is 0.818 bits per heavy atom. The highest BCUT2D eigenvalue weighted by Crippen LogP contribution is 2.23. The number of rotatable bonds is 12. The van der Waals surface area contributed by atoms with E-state index in [0.717, 1.165) is 0 Å². The van der Waals surface area contributed by atoms with Crippen LogP contribution < -0.4 is 0 Å². The van der Waals surface area contributed by atoms with Crippen LogP contribution in [0.25, 0.3) is 0 Å². The van der Waals surface area contributed by atoms with Crippen LogP contribution in [0.15, 0.2) is 0 Å². The molecule has 1 amide bonds. The lowest BCUT2D eigenvalue weighted by molar-refractivity contribution is -0.162. The zero-order valence-corrected chi connectivity index (χ0v) is 18.9. The van der Waals surface area contributed by atoms with Crippen molar-refractivity contribution in [2.45, 2.75) is 43.3 Å². The molecule has 0 aliphatic rings. The molecule has 0 heterocycles. The first-order valence-corrected chi connectivity index (χ1v) is 11.5. The van der Waals surface area contributed by atoms with Crippen LogP contribution in [0.5, 0.6) is 0 Å². The van der Waals surface area contributed by atoms with Gasteiger partial charge in [0.25, 0.3) is 0 Å². The number of carbonyl (C=O) groups is 3. The van der Waals surface area contributed by atoms with Crippen molar-refractivity contribution < 1.29 is 72.1 Å². The first-order chi connectivity index (χ1) is 14.6. The summed E-state index contributed by atoms with van der Waals surface area (Å²) in [5.41, 5.74) is -1.10. The molecule has 0 aliphatic carbocycles. The Bertz CT molecular complexity index is 887. The van der Waals surface area contributed by atoms with Gasteiger partial charge in [0.1, 0.15) is 18.8 Å². The van der Waals surface area contributed by atoms with Crippen LogP contribution in [0.1, 0.15) is 27.2 Å². The van der Waals surface area contributed by atoms with Crippen molar-refractivity contribution in [2.24, 2.45) is 0 Å². The molecule has 0 aliphatic heterocycles. The summed E-state index contributed by atoms with van der Waals surface area (Å²) < 4.78 is 124. The second kappa shape index (κ2) is 10.8. The SMILES string of the molecule is CCC(C)(C)OC(=O)N(CCOC(=O)C(F)(F)S(=O)(=O)O)CCOC(=O)C(F)(F)S(=O)(=O)O. The van der Waals surface area contributed by atoms with Crippen LogP contribution in [0.3, 0.4) is 0 Å². The van der Waals surface area contributed by atoms with E-state index in [0.29, 0.717) is 4.90 Å². The fourth-order valence-electron chi connectivity index (χ4n) is 1.54. The van der Waals surface area contributed by atoms with Crippen molar-refractivity contribution in [3.63, 3.8) is 0 Å². The Balaban J connectivity index is 5.27. The van der Waals surface area contributed by atoms with E-state index in [4.69, 9.17) is 13.8 Å². The van der Waals surface area contributed by atoms with E-state index in [2.05, 4.69) is 9.47 Å². The Morgan fingerprint density at radius 2 is 1.15 bits per heavy atom. The van der Waals surface area contributed by atoms with Crippen molar-refractivity contribution >= 4 is 38.3 Å². The number of hydrogen-bond donors (Lipinski definition) is 2. The predicted octanol–water partition coefficient (Wildman–Crippen LogP) is 0.661. The van der Waals surface area contributed by atoms with Gasteiger partial charge in [0.2, 0.25) is 0 Å². The highest BCUT2D eigenvalue weighted by molar-refractivity contribution is 7.88. The molecule has 19 heteroatoms. The van der Waals surface area contributed by atoms with Crippen LogP contribution in [0.2, 0.25) is 0 Å². The molecule has 0 aromatic heterocycles. The lowest BCUT2D eigenvalue weighted by Crippen LogP contribution is -2.44. The summed E-state index contributed by atoms with van der Waals surface area (Å²) >= 11 is 0. The number of halogens is 4. The minimum Gasteiger partial charge on any atom is -0.458 e. The lowest BCUT2D eigenvalue weighted by atomic mass is 10.1. The summed E-state index contributed by atoms with van der Waals surface area (Å²) in [6.45, 7) is 0.638. The van der Waals surface area contributed by atoms with Gasteiger partial charge in [-0.1, -0.05) is 6.92 Å². The second-order valence-electron chi connectivity index (χ2n) is 6.72. The van der Waals surface area contributed by atoms with Gasteiger partial charge in [0, 0.05) is 0 Å². The molecule has 0 aromatic rings. The Hall–Kier alpha value is -2.25. The molecule has 0 fully saturated rings. The maximum atomic E-state index is 13.2. The third-order valence-electron chi connectivity index (χ3n) is 3.79.